The number of ether oxygens (including phenoxy) is 2. The second kappa shape index (κ2) is 4.03. The van der Waals surface area contributed by atoms with Gasteiger partial charge in [0.25, 0.3) is 0 Å². The summed E-state index contributed by atoms with van der Waals surface area (Å²) in [4.78, 5) is 11.1. The molecule has 0 N–H and O–H groups in total. The minimum absolute atomic E-state index is 0.0789. The molecule has 1 aromatic rings. The summed E-state index contributed by atoms with van der Waals surface area (Å²) < 4.78 is 10.6. The Morgan fingerprint density at radius 2 is 2.33 bits per heavy atom. The molecule has 0 bridgehead atoms. The average Bonchev–Trinajstić information content (AvgIpc) is 2.99. The van der Waals surface area contributed by atoms with Crippen LogP contribution in [-0.2, 0) is 4.74 Å². The number of carbonyl (C=O) groups is 1. The zero-order valence-corrected chi connectivity index (χ0v) is 8.95. The van der Waals surface area contributed by atoms with Gasteiger partial charge in [0, 0.05) is 5.56 Å². The van der Waals surface area contributed by atoms with Gasteiger partial charge in [0.2, 0.25) is 0 Å². The number of ketones is 1. The predicted molar refractivity (Wildman–Crippen MR) is 56.4 cm³/mol. The molecular formula is C12H14O3. The third-order valence-corrected chi connectivity index (χ3v) is 2.41. The van der Waals surface area contributed by atoms with Crippen LogP contribution in [-0.4, -0.2) is 25.1 Å². The van der Waals surface area contributed by atoms with E-state index in [1.807, 2.05) is 19.1 Å². The number of hydrogen-bond acceptors (Lipinski definition) is 3. The molecule has 1 fully saturated rings. The molecule has 0 saturated carbocycles. The number of aryl methyl sites for hydroxylation is 1. The van der Waals surface area contributed by atoms with Gasteiger partial charge in [-0.3, -0.25) is 4.79 Å². The number of carbonyl (C=O) groups excluding carboxylic acids is 1. The second-order valence-electron chi connectivity index (χ2n) is 3.80. The van der Waals surface area contributed by atoms with Gasteiger partial charge in [-0.1, -0.05) is 0 Å². The molecule has 1 aromatic carbocycles. The van der Waals surface area contributed by atoms with Crippen LogP contribution in [0.3, 0.4) is 0 Å². The Labute approximate surface area is 89.0 Å². The average molecular weight is 206 g/mol. The van der Waals surface area contributed by atoms with Crippen LogP contribution in [0.2, 0.25) is 0 Å². The van der Waals surface area contributed by atoms with Gasteiger partial charge in [-0.05, 0) is 37.6 Å². The first-order chi connectivity index (χ1) is 7.16. The molecule has 0 aliphatic carbocycles. The monoisotopic (exact) mass is 206 g/mol. The fourth-order valence-corrected chi connectivity index (χ4v) is 1.38. The lowest BCUT2D eigenvalue weighted by Crippen LogP contribution is -2.05. The van der Waals surface area contributed by atoms with Crippen LogP contribution in [0.25, 0.3) is 0 Å². The maximum Gasteiger partial charge on any atom is 0.159 e. The quantitative estimate of drug-likeness (QED) is 0.558. The van der Waals surface area contributed by atoms with Crippen molar-refractivity contribution in [3.8, 4) is 5.75 Å². The largest absolute Gasteiger partial charge is 0.491 e. The zero-order chi connectivity index (χ0) is 10.8. The van der Waals surface area contributed by atoms with E-state index in [4.69, 9.17) is 9.47 Å². The molecular weight excluding hydrogens is 192 g/mol. The van der Waals surface area contributed by atoms with Gasteiger partial charge < -0.3 is 9.47 Å². The number of Topliss-reactive ketones (excluding diaryl/α,β-unsaturated/α-hetero) is 1. The molecule has 1 aliphatic rings. The lowest BCUT2D eigenvalue weighted by Gasteiger charge is -2.08. The first kappa shape index (κ1) is 10.2. The van der Waals surface area contributed by atoms with Crippen molar-refractivity contribution >= 4 is 5.78 Å². The third kappa shape index (κ3) is 2.57. The maximum absolute atomic E-state index is 11.1. The van der Waals surface area contributed by atoms with Crippen molar-refractivity contribution in [1.29, 1.82) is 0 Å². The molecule has 0 amide bonds. The van der Waals surface area contributed by atoms with Crippen molar-refractivity contribution < 1.29 is 14.3 Å². The van der Waals surface area contributed by atoms with E-state index in [1.54, 1.807) is 13.0 Å². The molecule has 1 unspecified atom stereocenters. The molecule has 3 nitrogen and oxygen atoms in total. The summed E-state index contributed by atoms with van der Waals surface area (Å²) in [7, 11) is 0. The summed E-state index contributed by atoms with van der Waals surface area (Å²) in [5, 5.41) is 0. The van der Waals surface area contributed by atoms with E-state index >= 15 is 0 Å². The first-order valence-corrected chi connectivity index (χ1v) is 5.03. The van der Waals surface area contributed by atoms with E-state index in [-0.39, 0.29) is 11.9 Å². The smallest absolute Gasteiger partial charge is 0.159 e. The standard InChI is InChI=1S/C12H14O3/c1-8-5-10(9(2)13)3-4-12(8)15-7-11-6-14-11/h3-5,11H,6-7H2,1-2H3. The van der Waals surface area contributed by atoms with Gasteiger partial charge in [-0.25, -0.2) is 0 Å². The highest BCUT2D eigenvalue weighted by Crippen LogP contribution is 2.21. The number of hydrogen-bond donors (Lipinski definition) is 0. The number of rotatable bonds is 4. The van der Waals surface area contributed by atoms with Gasteiger partial charge in [0.05, 0.1) is 6.61 Å². The second-order valence-corrected chi connectivity index (χ2v) is 3.80. The van der Waals surface area contributed by atoms with Crippen molar-refractivity contribution in [2.45, 2.75) is 20.0 Å². The molecule has 0 spiro atoms. The highest BCUT2D eigenvalue weighted by Gasteiger charge is 2.23. The van der Waals surface area contributed by atoms with Gasteiger partial charge in [-0.15, -0.1) is 0 Å². The van der Waals surface area contributed by atoms with Crippen LogP contribution in [0, 0.1) is 6.92 Å². The summed E-state index contributed by atoms with van der Waals surface area (Å²) in [6.07, 6.45) is 0.261. The van der Waals surface area contributed by atoms with Crippen molar-refractivity contribution in [1.82, 2.24) is 0 Å². The van der Waals surface area contributed by atoms with Crippen LogP contribution in [0.4, 0.5) is 0 Å². The summed E-state index contributed by atoms with van der Waals surface area (Å²) in [5.74, 6) is 0.908. The zero-order valence-electron chi connectivity index (χ0n) is 8.95. The van der Waals surface area contributed by atoms with E-state index in [2.05, 4.69) is 0 Å². The topological polar surface area (TPSA) is 38.8 Å². The SMILES string of the molecule is CC(=O)c1ccc(OCC2CO2)c(C)c1. The van der Waals surface area contributed by atoms with E-state index in [0.717, 1.165) is 23.5 Å². The van der Waals surface area contributed by atoms with Crippen LogP contribution in [0.15, 0.2) is 18.2 Å². The van der Waals surface area contributed by atoms with Crippen LogP contribution in [0.1, 0.15) is 22.8 Å². The Bertz CT molecular complexity index is 380. The van der Waals surface area contributed by atoms with E-state index in [9.17, 15) is 4.79 Å². The molecule has 0 aromatic heterocycles. The molecule has 1 saturated heterocycles. The third-order valence-electron chi connectivity index (χ3n) is 2.41. The Balaban J connectivity index is 2.07. The maximum atomic E-state index is 11.1. The lowest BCUT2D eigenvalue weighted by molar-refractivity contribution is 0.101. The summed E-state index contributed by atoms with van der Waals surface area (Å²) >= 11 is 0. The summed E-state index contributed by atoms with van der Waals surface area (Å²) in [5.41, 5.74) is 1.71. The molecule has 1 aliphatic heterocycles. The van der Waals surface area contributed by atoms with Crippen molar-refractivity contribution in [3.63, 3.8) is 0 Å². The van der Waals surface area contributed by atoms with Gasteiger partial charge in [0.1, 0.15) is 18.5 Å². The van der Waals surface area contributed by atoms with Gasteiger partial charge in [-0.2, -0.15) is 0 Å². The first-order valence-electron chi connectivity index (χ1n) is 5.03. The fourth-order valence-electron chi connectivity index (χ4n) is 1.38. The number of benzene rings is 1. The molecule has 1 atom stereocenters. The van der Waals surface area contributed by atoms with Crippen LogP contribution in [0.5, 0.6) is 5.75 Å². The Morgan fingerprint density at radius 3 is 2.87 bits per heavy atom. The normalized spacial score (nSPS) is 18.7. The summed E-state index contributed by atoms with van der Waals surface area (Å²) in [6, 6.07) is 5.48. The molecule has 15 heavy (non-hydrogen) atoms. The predicted octanol–water partition coefficient (Wildman–Crippen LogP) is 1.98. The highest BCUT2D eigenvalue weighted by molar-refractivity contribution is 5.94. The highest BCUT2D eigenvalue weighted by atomic mass is 16.6. The molecule has 0 radical (unpaired) electrons. The fraction of sp³-hybridized carbons (Fsp3) is 0.417. The molecule has 80 valence electrons. The summed E-state index contributed by atoms with van der Waals surface area (Å²) in [6.45, 7) is 4.90. The van der Waals surface area contributed by atoms with Crippen molar-refractivity contribution in [2.24, 2.45) is 0 Å². The van der Waals surface area contributed by atoms with Crippen LogP contribution >= 0.6 is 0 Å². The lowest BCUT2D eigenvalue weighted by atomic mass is 10.1. The van der Waals surface area contributed by atoms with Crippen molar-refractivity contribution in [3.05, 3.63) is 29.3 Å². The minimum Gasteiger partial charge on any atom is -0.491 e. The van der Waals surface area contributed by atoms with E-state index < -0.39 is 0 Å². The molecule has 3 heteroatoms. The Morgan fingerprint density at radius 1 is 1.60 bits per heavy atom. The molecule has 1 heterocycles. The molecule has 2 rings (SSSR count). The van der Waals surface area contributed by atoms with Gasteiger partial charge >= 0.3 is 0 Å². The van der Waals surface area contributed by atoms with Crippen molar-refractivity contribution in [2.75, 3.05) is 13.2 Å². The Kier molecular flexibility index (Phi) is 2.73. The minimum atomic E-state index is 0.0789. The van der Waals surface area contributed by atoms with Gasteiger partial charge in [0.15, 0.2) is 5.78 Å². The Hall–Kier alpha value is -1.35. The van der Waals surface area contributed by atoms with E-state index in [1.165, 1.54) is 0 Å². The van der Waals surface area contributed by atoms with Crippen LogP contribution < -0.4 is 4.74 Å². The van der Waals surface area contributed by atoms with E-state index in [0.29, 0.717) is 6.61 Å². The number of epoxide rings is 1.